The second-order valence-corrected chi connectivity index (χ2v) is 13.4. The fraction of sp³-hybridized carbons (Fsp3) is 0.452. The molecule has 59 heavy (non-hydrogen) atoms. The smallest absolute Gasteiger partial charge is 0.407 e. The molecule has 4 rings (SSSR count). The van der Waals surface area contributed by atoms with Crippen LogP contribution in [0.1, 0.15) is 50.3 Å². The van der Waals surface area contributed by atoms with Gasteiger partial charge in [0.05, 0.1) is 20.8 Å². The van der Waals surface area contributed by atoms with E-state index in [-0.39, 0.29) is 39.3 Å². The Hall–Kier alpha value is -5.75. The van der Waals surface area contributed by atoms with E-state index in [0.29, 0.717) is 17.9 Å². The Labute approximate surface area is 342 Å². The van der Waals surface area contributed by atoms with E-state index in [9.17, 15) is 29.1 Å². The van der Waals surface area contributed by atoms with Gasteiger partial charge in [0.2, 0.25) is 5.91 Å². The molecular formula is C42H52N2O15. The fourth-order valence-corrected chi connectivity index (χ4v) is 6.30. The normalized spacial score (nSPS) is 18.1. The van der Waals surface area contributed by atoms with Crippen molar-refractivity contribution in [2.45, 2.75) is 69.9 Å². The number of methoxy groups -OCH3 is 2. The van der Waals surface area contributed by atoms with Crippen LogP contribution in [0.4, 0.5) is 4.79 Å². The highest BCUT2D eigenvalue weighted by molar-refractivity contribution is 5.77. The number of esters is 3. The molecule has 1 saturated heterocycles. The summed E-state index contributed by atoms with van der Waals surface area (Å²) in [5, 5.41) is 16.2. The summed E-state index contributed by atoms with van der Waals surface area (Å²) in [7, 11) is 3.17. The SMILES string of the molecule is COc1ccc(C(OCC(O)COC(=O)NCCCNC(=O)COC2CC(OC(C)=O)C(OC(C)=O)C(COC(C)=O)O2)(c2ccccc2)c2ccc(OC)cc2)cc1. The Bertz CT molecular complexity index is 1760. The molecular weight excluding hydrogens is 772 g/mol. The number of ether oxygens (including phenoxy) is 9. The Morgan fingerprint density at radius 1 is 0.746 bits per heavy atom. The summed E-state index contributed by atoms with van der Waals surface area (Å²) in [5.74, 6) is -1.09. The zero-order chi connectivity index (χ0) is 42.8. The molecule has 0 bridgehead atoms. The van der Waals surface area contributed by atoms with Crippen molar-refractivity contribution >= 4 is 29.9 Å². The average Bonchev–Trinajstić information content (AvgIpc) is 3.22. The van der Waals surface area contributed by atoms with Crippen LogP contribution in [0, 0.1) is 0 Å². The van der Waals surface area contributed by atoms with Crippen LogP contribution in [0.15, 0.2) is 78.9 Å². The van der Waals surface area contributed by atoms with Crippen LogP contribution in [0.2, 0.25) is 0 Å². The molecule has 5 unspecified atom stereocenters. The molecule has 1 aliphatic rings. The number of hydrogen-bond acceptors (Lipinski definition) is 15. The highest BCUT2D eigenvalue weighted by atomic mass is 16.7. The molecule has 1 fully saturated rings. The van der Waals surface area contributed by atoms with Gasteiger partial charge in [-0.2, -0.15) is 0 Å². The second kappa shape index (κ2) is 23.0. The van der Waals surface area contributed by atoms with Crippen molar-refractivity contribution in [3.63, 3.8) is 0 Å². The summed E-state index contributed by atoms with van der Waals surface area (Å²) < 4.78 is 49.7. The minimum Gasteiger partial charge on any atom is -0.497 e. The second-order valence-electron chi connectivity index (χ2n) is 13.4. The number of nitrogens with one attached hydrogen (secondary N) is 2. The topological polar surface area (TPSA) is 213 Å². The number of carbonyl (C=O) groups is 5. The van der Waals surface area contributed by atoms with Crippen molar-refractivity contribution in [1.82, 2.24) is 10.6 Å². The molecule has 17 nitrogen and oxygen atoms in total. The summed E-state index contributed by atoms with van der Waals surface area (Å²) in [4.78, 5) is 59.9. The van der Waals surface area contributed by atoms with Gasteiger partial charge in [-0.3, -0.25) is 19.2 Å². The molecule has 3 N–H and O–H groups in total. The van der Waals surface area contributed by atoms with Crippen molar-refractivity contribution in [3.05, 3.63) is 95.6 Å². The minimum atomic E-state index is -1.19. The van der Waals surface area contributed by atoms with Gasteiger partial charge in [-0.05, 0) is 47.4 Å². The summed E-state index contributed by atoms with van der Waals surface area (Å²) in [6, 6.07) is 24.4. The lowest BCUT2D eigenvalue weighted by Crippen LogP contribution is -2.54. The molecule has 0 aliphatic carbocycles. The van der Waals surface area contributed by atoms with E-state index in [2.05, 4.69) is 10.6 Å². The summed E-state index contributed by atoms with van der Waals surface area (Å²) >= 11 is 0. The first kappa shape index (κ1) is 45.9. The van der Waals surface area contributed by atoms with E-state index >= 15 is 0 Å². The van der Waals surface area contributed by atoms with Gasteiger partial charge in [-0.25, -0.2) is 4.79 Å². The van der Waals surface area contributed by atoms with E-state index in [1.807, 2.05) is 78.9 Å². The fourth-order valence-electron chi connectivity index (χ4n) is 6.30. The lowest BCUT2D eigenvalue weighted by molar-refractivity contribution is -0.264. The Morgan fingerprint density at radius 2 is 1.32 bits per heavy atom. The van der Waals surface area contributed by atoms with Gasteiger partial charge in [0.25, 0.3) is 0 Å². The number of hydrogen-bond donors (Lipinski definition) is 3. The van der Waals surface area contributed by atoms with Gasteiger partial charge in [0.15, 0.2) is 12.4 Å². The van der Waals surface area contributed by atoms with Gasteiger partial charge in [-0.15, -0.1) is 0 Å². The van der Waals surface area contributed by atoms with Crippen LogP contribution in [-0.4, -0.2) is 119 Å². The van der Waals surface area contributed by atoms with E-state index in [4.69, 9.17) is 42.6 Å². The highest BCUT2D eigenvalue weighted by Crippen LogP contribution is 2.41. The number of rotatable bonds is 21. The molecule has 2 amide bonds. The summed E-state index contributed by atoms with van der Waals surface area (Å²) in [5.41, 5.74) is 1.17. The minimum absolute atomic E-state index is 0.0620. The lowest BCUT2D eigenvalue weighted by Gasteiger charge is -2.39. The van der Waals surface area contributed by atoms with Crippen molar-refractivity contribution in [2.75, 3.05) is 53.7 Å². The molecule has 0 radical (unpaired) electrons. The predicted octanol–water partition coefficient (Wildman–Crippen LogP) is 3.16. The van der Waals surface area contributed by atoms with Crippen molar-refractivity contribution in [3.8, 4) is 11.5 Å². The van der Waals surface area contributed by atoms with Gasteiger partial charge < -0.3 is 58.4 Å². The number of carbonyl (C=O) groups excluding carboxylic acids is 5. The van der Waals surface area contributed by atoms with Crippen LogP contribution in [0.5, 0.6) is 11.5 Å². The number of alkyl carbamates (subject to hydrolysis) is 1. The first-order valence-electron chi connectivity index (χ1n) is 18.9. The Balaban J connectivity index is 1.24. The largest absolute Gasteiger partial charge is 0.497 e. The molecule has 1 heterocycles. The molecule has 1 aliphatic heterocycles. The van der Waals surface area contributed by atoms with Gasteiger partial charge in [0.1, 0.15) is 55.2 Å². The van der Waals surface area contributed by atoms with Crippen LogP contribution in [-0.2, 0) is 57.9 Å². The number of aliphatic hydroxyl groups is 1. The van der Waals surface area contributed by atoms with Gasteiger partial charge in [0, 0.05) is 40.3 Å². The zero-order valence-electron chi connectivity index (χ0n) is 33.7. The van der Waals surface area contributed by atoms with E-state index in [0.717, 1.165) is 16.7 Å². The molecule has 5 atom stereocenters. The number of amides is 2. The Morgan fingerprint density at radius 3 is 1.88 bits per heavy atom. The third-order valence-electron chi connectivity index (χ3n) is 8.97. The van der Waals surface area contributed by atoms with E-state index in [1.54, 1.807) is 14.2 Å². The first-order chi connectivity index (χ1) is 28.3. The number of benzene rings is 3. The van der Waals surface area contributed by atoms with Crippen molar-refractivity contribution < 1.29 is 71.7 Å². The zero-order valence-corrected chi connectivity index (χ0v) is 33.7. The molecule has 0 aromatic heterocycles. The highest BCUT2D eigenvalue weighted by Gasteiger charge is 2.44. The lowest BCUT2D eigenvalue weighted by atomic mass is 9.80. The van der Waals surface area contributed by atoms with Crippen LogP contribution < -0.4 is 20.1 Å². The van der Waals surface area contributed by atoms with E-state index in [1.165, 1.54) is 20.8 Å². The predicted molar refractivity (Wildman–Crippen MR) is 208 cm³/mol. The Kier molecular flexibility index (Phi) is 17.9. The average molecular weight is 825 g/mol. The number of aliphatic hydroxyl groups excluding tert-OH is 1. The quantitative estimate of drug-likeness (QED) is 0.0610. The molecule has 17 heteroatoms. The third kappa shape index (κ3) is 14.0. The van der Waals surface area contributed by atoms with Crippen molar-refractivity contribution in [2.24, 2.45) is 0 Å². The molecule has 0 spiro atoms. The summed E-state index contributed by atoms with van der Waals surface area (Å²) in [6.45, 7) is 2.55. The maximum atomic E-state index is 12.5. The van der Waals surface area contributed by atoms with Crippen LogP contribution >= 0.6 is 0 Å². The van der Waals surface area contributed by atoms with E-state index < -0.39 is 72.8 Å². The van der Waals surface area contributed by atoms with Crippen LogP contribution in [0.25, 0.3) is 0 Å². The third-order valence-corrected chi connectivity index (χ3v) is 8.97. The standard InChI is InChI=1S/C42H52N2O15/c1-27(45)53-25-37-40(58-29(3)47)36(57-28(2)46)22-39(59-37)54-26-38(49)43-20-9-21-44-41(50)55-23-33(48)24-56-42(30-10-7-6-8-11-30,31-12-16-34(51-4)17-13-31)32-14-18-35(52-5)19-15-32/h6-8,10-19,33,36-37,39-40,48H,9,20-26H2,1-5H3,(H,43,49)(H,44,50). The molecule has 320 valence electrons. The molecule has 3 aromatic carbocycles. The van der Waals surface area contributed by atoms with Gasteiger partial charge in [-0.1, -0.05) is 54.6 Å². The molecule has 3 aromatic rings. The maximum absolute atomic E-state index is 12.5. The van der Waals surface area contributed by atoms with Crippen LogP contribution in [0.3, 0.4) is 0 Å². The molecule has 0 saturated carbocycles. The maximum Gasteiger partial charge on any atom is 0.407 e. The monoisotopic (exact) mass is 824 g/mol. The van der Waals surface area contributed by atoms with Gasteiger partial charge >= 0.3 is 24.0 Å². The summed E-state index contributed by atoms with van der Waals surface area (Å²) in [6.07, 6.45) is -5.85. The van der Waals surface area contributed by atoms with Crippen molar-refractivity contribution in [1.29, 1.82) is 0 Å². The first-order valence-corrected chi connectivity index (χ1v) is 18.9.